The summed E-state index contributed by atoms with van der Waals surface area (Å²) in [4.78, 5) is 8.35. The number of anilines is 1. The van der Waals surface area contributed by atoms with Crippen molar-refractivity contribution >= 4 is 17.3 Å². The largest absolute Gasteiger partial charge is 0.470 e. The SMILES string of the molecule is CC(CNCC1CNc2cccnc2O1)c1ccc(Cl)nc1. The number of hydrogen-bond donors (Lipinski definition) is 2. The molecule has 0 radical (unpaired) electrons. The topological polar surface area (TPSA) is 59.1 Å². The lowest BCUT2D eigenvalue weighted by atomic mass is 10.0. The van der Waals surface area contributed by atoms with E-state index in [4.69, 9.17) is 16.3 Å². The molecule has 2 atom stereocenters. The first kappa shape index (κ1) is 15.1. The van der Waals surface area contributed by atoms with Gasteiger partial charge in [0.2, 0.25) is 5.88 Å². The first-order valence-corrected chi connectivity index (χ1v) is 7.78. The molecule has 22 heavy (non-hydrogen) atoms. The Balaban J connectivity index is 1.47. The zero-order chi connectivity index (χ0) is 15.4. The normalized spacial score (nSPS) is 18.0. The molecule has 2 aromatic heterocycles. The molecule has 0 spiro atoms. The van der Waals surface area contributed by atoms with Crippen molar-refractivity contribution in [3.8, 4) is 5.88 Å². The van der Waals surface area contributed by atoms with Crippen LogP contribution < -0.4 is 15.4 Å². The maximum atomic E-state index is 5.87. The minimum absolute atomic E-state index is 0.0814. The lowest BCUT2D eigenvalue weighted by Gasteiger charge is -2.26. The van der Waals surface area contributed by atoms with Gasteiger partial charge < -0.3 is 15.4 Å². The zero-order valence-corrected chi connectivity index (χ0v) is 13.2. The summed E-state index contributed by atoms with van der Waals surface area (Å²) in [6.07, 6.45) is 3.65. The number of fused-ring (bicyclic) bond motifs is 1. The molecule has 1 aliphatic heterocycles. The van der Waals surface area contributed by atoms with Gasteiger partial charge in [0.05, 0.1) is 12.2 Å². The van der Waals surface area contributed by atoms with E-state index in [-0.39, 0.29) is 6.10 Å². The van der Waals surface area contributed by atoms with Gasteiger partial charge in [-0.2, -0.15) is 0 Å². The number of ether oxygens (including phenoxy) is 1. The van der Waals surface area contributed by atoms with Crippen LogP contribution in [0.4, 0.5) is 5.69 Å². The summed E-state index contributed by atoms with van der Waals surface area (Å²) in [5.41, 5.74) is 2.13. The second kappa shape index (κ2) is 6.94. The van der Waals surface area contributed by atoms with Crippen molar-refractivity contribution in [2.24, 2.45) is 0 Å². The van der Waals surface area contributed by atoms with Crippen molar-refractivity contribution in [2.75, 3.05) is 25.0 Å². The first-order valence-electron chi connectivity index (χ1n) is 7.40. The Bertz CT molecular complexity index is 620. The summed E-state index contributed by atoms with van der Waals surface area (Å²) in [6.45, 7) is 4.57. The Hall–Kier alpha value is -1.85. The van der Waals surface area contributed by atoms with Gasteiger partial charge >= 0.3 is 0 Å². The molecule has 2 unspecified atom stereocenters. The molecule has 1 aliphatic rings. The minimum Gasteiger partial charge on any atom is -0.470 e. The van der Waals surface area contributed by atoms with Crippen molar-refractivity contribution < 1.29 is 4.74 Å². The van der Waals surface area contributed by atoms with Gasteiger partial charge in [-0.1, -0.05) is 24.6 Å². The predicted octanol–water partition coefficient (Wildman–Crippen LogP) is 2.70. The van der Waals surface area contributed by atoms with Crippen molar-refractivity contribution in [2.45, 2.75) is 18.9 Å². The number of hydrogen-bond acceptors (Lipinski definition) is 5. The molecule has 0 amide bonds. The quantitative estimate of drug-likeness (QED) is 0.830. The second-order valence-electron chi connectivity index (χ2n) is 5.45. The number of pyridine rings is 2. The molecule has 0 saturated carbocycles. The molecule has 0 bridgehead atoms. The van der Waals surface area contributed by atoms with Gasteiger partial charge in [-0.3, -0.25) is 0 Å². The van der Waals surface area contributed by atoms with Gasteiger partial charge in [0.25, 0.3) is 0 Å². The summed E-state index contributed by atoms with van der Waals surface area (Å²) in [7, 11) is 0. The van der Waals surface area contributed by atoms with Crippen LogP contribution in [0.2, 0.25) is 5.15 Å². The number of nitrogens with one attached hydrogen (secondary N) is 2. The van der Waals surface area contributed by atoms with E-state index in [0.29, 0.717) is 17.0 Å². The molecular weight excluding hydrogens is 300 g/mol. The zero-order valence-electron chi connectivity index (χ0n) is 12.4. The number of nitrogens with zero attached hydrogens (tertiary/aromatic N) is 2. The van der Waals surface area contributed by atoms with Crippen LogP contribution in [0.15, 0.2) is 36.7 Å². The summed E-state index contributed by atoms with van der Waals surface area (Å²) < 4.78 is 5.87. The van der Waals surface area contributed by atoms with Crippen molar-refractivity contribution in [1.82, 2.24) is 15.3 Å². The highest BCUT2D eigenvalue weighted by Gasteiger charge is 2.19. The summed E-state index contributed by atoms with van der Waals surface area (Å²) >= 11 is 5.81. The molecule has 0 aromatic carbocycles. The smallest absolute Gasteiger partial charge is 0.237 e. The average molecular weight is 319 g/mol. The molecule has 3 heterocycles. The van der Waals surface area contributed by atoms with Crippen LogP contribution in [0.1, 0.15) is 18.4 Å². The molecule has 3 rings (SSSR count). The van der Waals surface area contributed by atoms with Crippen LogP contribution in [0, 0.1) is 0 Å². The molecule has 0 fully saturated rings. The third-order valence-electron chi connectivity index (χ3n) is 3.71. The van der Waals surface area contributed by atoms with Crippen LogP contribution in [0.5, 0.6) is 5.88 Å². The Labute approximate surface area is 135 Å². The van der Waals surface area contributed by atoms with Gasteiger partial charge in [-0.15, -0.1) is 0 Å². The third kappa shape index (κ3) is 3.67. The average Bonchev–Trinajstić information content (AvgIpc) is 2.55. The highest BCUT2D eigenvalue weighted by Crippen LogP contribution is 2.25. The van der Waals surface area contributed by atoms with Crippen LogP contribution >= 0.6 is 11.6 Å². The van der Waals surface area contributed by atoms with E-state index in [1.807, 2.05) is 30.5 Å². The maximum absolute atomic E-state index is 5.87. The fourth-order valence-corrected chi connectivity index (χ4v) is 2.53. The number of rotatable bonds is 5. The van der Waals surface area contributed by atoms with Crippen molar-refractivity contribution in [3.63, 3.8) is 0 Å². The second-order valence-corrected chi connectivity index (χ2v) is 5.84. The van der Waals surface area contributed by atoms with Gasteiger partial charge in [0.15, 0.2) is 0 Å². The molecular formula is C16H19ClN4O. The molecule has 2 N–H and O–H groups in total. The van der Waals surface area contributed by atoms with E-state index < -0.39 is 0 Å². The predicted molar refractivity (Wildman–Crippen MR) is 87.7 cm³/mol. The maximum Gasteiger partial charge on any atom is 0.237 e. The van der Waals surface area contributed by atoms with E-state index in [2.05, 4.69) is 27.5 Å². The highest BCUT2D eigenvalue weighted by molar-refractivity contribution is 6.29. The summed E-state index contributed by atoms with van der Waals surface area (Å²) in [5.74, 6) is 1.04. The van der Waals surface area contributed by atoms with E-state index in [1.54, 1.807) is 6.20 Å². The number of aromatic nitrogens is 2. The third-order valence-corrected chi connectivity index (χ3v) is 3.94. The standard InChI is InChI=1S/C16H19ClN4O/c1-11(12-4-5-15(17)21-8-12)7-18-9-13-10-20-14-3-2-6-19-16(14)22-13/h2-6,8,11,13,18,20H,7,9-10H2,1H3. The molecule has 0 saturated heterocycles. The van der Waals surface area contributed by atoms with Gasteiger partial charge in [0.1, 0.15) is 11.3 Å². The van der Waals surface area contributed by atoms with Gasteiger partial charge in [-0.25, -0.2) is 9.97 Å². The Morgan fingerprint density at radius 1 is 1.41 bits per heavy atom. The van der Waals surface area contributed by atoms with Crippen LogP contribution in [-0.4, -0.2) is 35.7 Å². The molecule has 5 nitrogen and oxygen atoms in total. The Morgan fingerprint density at radius 3 is 3.14 bits per heavy atom. The van der Waals surface area contributed by atoms with Crippen molar-refractivity contribution in [3.05, 3.63) is 47.4 Å². The van der Waals surface area contributed by atoms with E-state index >= 15 is 0 Å². The fourth-order valence-electron chi connectivity index (χ4n) is 2.41. The van der Waals surface area contributed by atoms with Crippen molar-refractivity contribution in [1.29, 1.82) is 0 Å². The van der Waals surface area contributed by atoms with Gasteiger partial charge in [-0.05, 0) is 29.7 Å². The molecule has 116 valence electrons. The molecule has 6 heteroatoms. The Morgan fingerprint density at radius 2 is 2.32 bits per heavy atom. The number of halogens is 1. The Kier molecular flexibility index (Phi) is 4.75. The highest BCUT2D eigenvalue weighted by atomic mass is 35.5. The van der Waals surface area contributed by atoms with Crippen LogP contribution in [-0.2, 0) is 0 Å². The first-order chi connectivity index (χ1) is 10.7. The lowest BCUT2D eigenvalue weighted by Crippen LogP contribution is -2.40. The lowest BCUT2D eigenvalue weighted by molar-refractivity contribution is 0.193. The monoisotopic (exact) mass is 318 g/mol. The molecule has 2 aromatic rings. The molecule has 0 aliphatic carbocycles. The summed E-state index contributed by atoms with van der Waals surface area (Å²) in [5, 5.41) is 7.31. The van der Waals surface area contributed by atoms with Crippen LogP contribution in [0.3, 0.4) is 0 Å². The van der Waals surface area contributed by atoms with Crippen LogP contribution in [0.25, 0.3) is 0 Å². The fraction of sp³-hybridized carbons (Fsp3) is 0.375. The van der Waals surface area contributed by atoms with E-state index in [0.717, 1.165) is 25.3 Å². The minimum atomic E-state index is 0.0814. The van der Waals surface area contributed by atoms with Gasteiger partial charge in [0, 0.05) is 25.5 Å². The summed E-state index contributed by atoms with van der Waals surface area (Å²) in [6, 6.07) is 7.71. The van der Waals surface area contributed by atoms with E-state index in [9.17, 15) is 0 Å². The van der Waals surface area contributed by atoms with E-state index in [1.165, 1.54) is 5.56 Å².